The van der Waals surface area contributed by atoms with E-state index < -0.39 is 0 Å². The van der Waals surface area contributed by atoms with Gasteiger partial charge in [-0.15, -0.1) is 6.58 Å². The molecule has 1 saturated heterocycles. The van der Waals surface area contributed by atoms with E-state index in [0.29, 0.717) is 39.3 Å². The Kier molecular flexibility index (Phi) is 5.24. The number of hydrogen-bond donors (Lipinski definition) is 1. The van der Waals surface area contributed by atoms with Crippen molar-refractivity contribution in [2.75, 3.05) is 18.4 Å². The van der Waals surface area contributed by atoms with Crippen LogP contribution < -0.4 is 10.9 Å². The highest BCUT2D eigenvalue weighted by Gasteiger charge is 2.31. The van der Waals surface area contributed by atoms with E-state index in [1.54, 1.807) is 24.4 Å². The molecule has 0 spiro atoms. The molecule has 0 aromatic carbocycles. The van der Waals surface area contributed by atoms with E-state index in [-0.39, 0.29) is 11.5 Å². The number of pyridine rings is 1. The van der Waals surface area contributed by atoms with E-state index in [1.807, 2.05) is 19.9 Å². The molecule has 2 aromatic rings. The highest BCUT2D eigenvalue weighted by atomic mass is 32.2. The van der Waals surface area contributed by atoms with Gasteiger partial charge in [-0.05, 0) is 31.6 Å². The van der Waals surface area contributed by atoms with Crippen molar-refractivity contribution >= 4 is 51.7 Å². The molecule has 3 heterocycles. The SMILES string of the molecule is C=CCN1C(=O)C(=Cc2c(NCC)nc3ccc(C)cn3c2=O)SC1=S. The van der Waals surface area contributed by atoms with Gasteiger partial charge >= 0.3 is 0 Å². The molecule has 0 bridgehead atoms. The fraction of sp³-hybridized carbons (Fsp3) is 0.222. The maximum Gasteiger partial charge on any atom is 0.267 e. The van der Waals surface area contributed by atoms with Gasteiger partial charge in [-0.3, -0.25) is 18.9 Å². The lowest BCUT2D eigenvalue weighted by Gasteiger charge is -2.11. The second-order valence-corrected chi connectivity index (χ2v) is 7.40. The molecule has 1 aliphatic heterocycles. The number of thioether (sulfide) groups is 1. The number of carbonyl (C=O) groups is 1. The normalized spacial score (nSPS) is 15.9. The molecule has 2 aromatic heterocycles. The van der Waals surface area contributed by atoms with Crippen molar-refractivity contribution in [2.24, 2.45) is 0 Å². The van der Waals surface area contributed by atoms with Crippen molar-refractivity contribution in [3.8, 4) is 0 Å². The number of carbonyl (C=O) groups excluding carboxylic acids is 1. The molecular weight excluding hydrogens is 368 g/mol. The fourth-order valence-corrected chi connectivity index (χ4v) is 3.87. The van der Waals surface area contributed by atoms with Crippen LogP contribution in [0, 0.1) is 6.92 Å². The molecule has 1 fully saturated rings. The van der Waals surface area contributed by atoms with Gasteiger partial charge < -0.3 is 5.32 Å². The monoisotopic (exact) mass is 386 g/mol. The van der Waals surface area contributed by atoms with Gasteiger partial charge in [-0.1, -0.05) is 36.1 Å². The number of aromatic nitrogens is 2. The van der Waals surface area contributed by atoms with Crippen molar-refractivity contribution < 1.29 is 4.79 Å². The first-order valence-corrected chi connectivity index (χ1v) is 9.32. The van der Waals surface area contributed by atoms with Gasteiger partial charge in [-0.2, -0.15) is 0 Å². The van der Waals surface area contributed by atoms with Gasteiger partial charge in [0.15, 0.2) is 0 Å². The summed E-state index contributed by atoms with van der Waals surface area (Å²) in [6.07, 6.45) is 4.93. The first-order valence-electron chi connectivity index (χ1n) is 8.09. The maximum absolute atomic E-state index is 13.0. The summed E-state index contributed by atoms with van der Waals surface area (Å²) < 4.78 is 1.95. The number of aryl methyl sites for hydroxylation is 1. The number of nitrogens with one attached hydrogen (secondary N) is 1. The van der Waals surface area contributed by atoms with Crippen molar-refractivity contribution in [1.82, 2.24) is 14.3 Å². The van der Waals surface area contributed by atoms with Gasteiger partial charge in [0.2, 0.25) is 0 Å². The van der Waals surface area contributed by atoms with E-state index >= 15 is 0 Å². The largest absolute Gasteiger partial charge is 0.370 e. The minimum atomic E-state index is -0.233. The summed E-state index contributed by atoms with van der Waals surface area (Å²) in [4.78, 5) is 32.0. The number of hydrogen-bond acceptors (Lipinski definition) is 6. The van der Waals surface area contributed by atoms with Crippen LogP contribution in [0.25, 0.3) is 11.7 Å². The lowest BCUT2D eigenvalue weighted by Crippen LogP contribution is -2.28. The summed E-state index contributed by atoms with van der Waals surface area (Å²) >= 11 is 6.43. The van der Waals surface area contributed by atoms with Gasteiger partial charge in [-0.25, -0.2) is 4.98 Å². The molecule has 3 rings (SSSR count). The van der Waals surface area contributed by atoms with E-state index in [0.717, 1.165) is 5.56 Å². The zero-order valence-electron chi connectivity index (χ0n) is 14.5. The average molecular weight is 387 g/mol. The Hall–Kier alpha value is -2.45. The van der Waals surface area contributed by atoms with Gasteiger partial charge in [0.05, 0.1) is 10.5 Å². The van der Waals surface area contributed by atoms with E-state index in [2.05, 4.69) is 16.9 Å². The van der Waals surface area contributed by atoms with Crippen LogP contribution in [0.4, 0.5) is 5.82 Å². The van der Waals surface area contributed by atoms with Crippen LogP contribution in [-0.2, 0) is 4.79 Å². The standard InChI is InChI=1S/C18H18N4O2S2/c1-4-8-21-17(24)13(26-18(21)25)9-12-15(19-5-2)20-14-7-6-11(3)10-22(14)16(12)23/h4,6-7,9-10,19H,1,5,8H2,2-3H3. The van der Waals surface area contributed by atoms with Crippen molar-refractivity contribution in [2.45, 2.75) is 13.8 Å². The lowest BCUT2D eigenvalue weighted by molar-refractivity contribution is -0.121. The topological polar surface area (TPSA) is 66.7 Å². The third-order valence-electron chi connectivity index (χ3n) is 3.81. The number of nitrogens with zero attached hydrogens (tertiary/aromatic N) is 3. The molecule has 8 heteroatoms. The van der Waals surface area contributed by atoms with Crippen molar-refractivity contribution in [3.05, 3.63) is 57.4 Å². The van der Waals surface area contributed by atoms with Gasteiger partial charge in [0.1, 0.15) is 15.8 Å². The first-order chi connectivity index (χ1) is 12.5. The maximum atomic E-state index is 13.0. The highest BCUT2D eigenvalue weighted by molar-refractivity contribution is 8.26. The molecule has 1 aliphatic rings. The zero-order chi connectivity index (χ0) is 18.8. The van der Waals surface area contributed by atoms with E-state index in [9.17, 15) is 9.59 Å². The van der Waals surface area contributed by atoms with Crippen LogP contribution in [0.5, 0.6) is 0 Å². The minimum Gasteiger partial charge on any atom is -0.370 e. The van der Waals surface area contributed by atoms with Crippen LogP contribution >= 0.6 is 24.0 Å². The molecule has 134 valence electrons. The quantitative estimate of drug-likeness (QED) is 0.484. The Labute approximate surface area is 160 Å². The zero-order valence-corrected chi connectivity index (χ0v) is 16.1. The molecule has 1 amide bonds. The van der Waals surface area contributed by atoms with Crippen LogP contribution in [-0.4, -0.2) is 37.6 Å². The first kappa shape index (κ1) is 18.3. The van der Waals surface area contributed by atoms with Crippen LogP contribution in [0.15, 0.2) is 40.7 Å². The van der Waals surface area contributed by atoms with Gasteiger partial charge in [0, 0.05) is 19.3 Å². The Morgan fingerprint density at radius 2 is 2.15 bits per heavy atom. The summed E-state index contributed by atoms with van der Waals surface area (Å²) in [5, 5.41) is 3.11. The molecule has 0 unspecified atom stereocenters. The number of amides is 1. The molecule has 26 heavy (non-hydrogen) atoms. The van der Waals surface area contributed by atoms with Crippen LogP contribution in [0.2, 0.25) is 0 Å². The third kappa shape index (κ3) is 3.30. The second-order valence-electron chi connectivity index (χ2n) is 5.73. The summed E-state index contributed by atoms with van der Waals surface area (Å²) in [6.45, 7) is 8.42. The van der Waals surface area contributed by atoms with Crippen LogP contribution in [0.3, 0.4) is 0 Å². The molecule has 0 saturated carbocycles. The summed E-state index contributed by atoms with van der Waals surface area (Å²) in [5.74, 6) is 0.228. The fourth-order valence-electron chi connectivity index (χ4n) is 2.61. The number of rotatable bonds is 5. The van der Waals surface area contributed by atoms with E-state index in [4.69, 9.17) is 12.2 Å². The van der Waals surface area contributed by atoms with Gasteiger partial charge in [0.25, 0.3) is 11.5 Å². The summed E-state index contributed by atoms with van der Waals surface area (Å²) in [5.41, 5.74) is 1.60. The number of thiocarbonyl (C=S) groups is 1. The van der Waals surface area contributed by atoms with Crippen molar-refractivity contribution in [3.63, 3.8) is 0 Å². The Balaban J connectivity index is 2.17. The molecule has 1 N–H and O–H groups in total. The molecular formula is C18H18N4O2S2. The molecule has 6 nitrogen and oxygen atoms in total. The molecule has 0 radical (unpaired) electrons. The highest BCUT2D eigenvalue weighted by Crippen LogP contribution is 2.32. The summed E-state index contributed by atoms with van der Waals surface area (Å²) in [6, 6.07) is 3.70. The predicted octanol–water partition coefficient (Wildman–Crippen LogP) is 2.82. The van der Waals surface area contributed by atoms with Crippen molar-refractivity contribution in [1.29, 1.82) is 0 Å². The summed E-state index contributed by atoms with van der Waals surface area (Å²) in [7, 11) is 0. The smallest absolute Gasteiger partial charge is 0.267 e. The Bertz CT molecular complexity index is 1010. The second kappa shape index (κ2) is 7.43. The minimum absolute atomic E-state index is 0.226. The average Bonchev–Trinajstić information content (AvgIpc) is 2.87. The Morgan fingerprint density at radius 3 is 2.85 bits per heavy atom. The van der Waals surface area contributed by atoms with Crippen LogP contribution in [0.1, 0.15) is 18.1 Å². The Morgan fingerprint density at radius 1 is 1.38 bits per heavy atom. The predicted molar refractivity (Wildman–Crippen MR) is 110 cm³/mol. The molecule has 0 atom stereocenters. The lowest BCUT2D eigenvalue weighted by atomic mass is 10.2. The van der Waals surface area contributed by atoms with E-state index in [1.165, 1.54) is 21.1 Å². The number of anilines is 1. The molecule has 0 aliphatic carbocycles. The number of fused-ring (bicyclic) bond motifs is 1. The third-order valence-corrected chi connectivity index (χ3v) is 5.19.